The Morgan fingerprint density at radius 2 is 1.50 bits per heavy atom. The Hall–Kier alpha value is -4.21. The highest BCUT2D eigenvalue weighted by atomic mass is 19.4. The summed E-state index contributed by atoms with van der Waals surface area (Å²) in [6, 6.07) is 16.4. The zero-order valence-corrected chi connectivity index (χ0v) is 17.8. The molecule has 34 heavy (non-hydrogen) atoms. The van der Waals surface area contributed by atoms with Crippen LogP contribution in [0.3, 0.4) is 0 Å². The molecule has 0 aliphatic carbocycles. The Kier molecular flexibility index (Phi) is 7.62. The molecular formula is C24H19F4N3O3. The molecule has 2 amide bonds. The number of anilines is 1. The maximum Gasteiger partial charge on any atom is 0.416 e. The number of halogens is 4. The van der Waals surface area contributed by atoms with Gasteiger partial charge >= 0.3 is 18.0 Å². The van der Waals surface area contributed by atoms with Gasteiger partial charge in [-0.05, 0) is 78.7 Å². The van der Waals surface area contributed by atoms with E-state index in [1.165, 1.54) is 12.1 Å². The van der Waals surface area contributed by atoms with Crippen LogP contribution in [0.1, 0.15) is 23.6 Å². The summed E-state index contributed by atoms with van der Waals surface area (Å²) in [5, 5.41) is 6.06. The van der Waals surface area contributed by atoms with Crippen LogP contribution in [0.25, 0.3) is 0 Å². The number of hydrogen-bond donors (Lipinski definition) is 2. The number of carbonyl (C=O) groups is 2. The third-order valence-corrected chi connectivity index (χ3v) is 4.59. The Balaban J connectivity index is 1.51. The molecule has 3 aromatic rings. The zero-order chi connectivity index (χ0) is 24.7. The summed E-state index contributed by atoms with van der Waals surface area (Å²) < 4.78 is 56.3. The summed E-state index contributed by atoms with van der Waals surface area (Å²) in [6.45, 7) is 1.87. The number of carbonyl (C=O) groups excluding carboxylic acids is 2. The standard InChI is InChI=1S/C24H19F4N3O3/c1-15(17-4-12-21(13-5-17)34-14-16-2-8-19(25)9-3-16)30-31-23(33)22(32)29-20-10-6-18(7-11-20)24(26,27)28/h2-13H,14H2,1H3,(H,29,32)(H,31,33)/b30-15+. The number of rotatable bonds is 6. The van der Waals surface area contributed by atoms with Crippen LogP contribution in [-0.2, 0) is 22.4 Å². The van der Waals surface area contributed by atoms with Crippen LogP contribution in [0.15, 0.2) is 77.9 Å². The average Bonchev–Trinajstić information content (AvgIpc) is 2.82. The lowest BCUT2D eigenvalue weighted by Crippen LogP contribution is -2.32. The van der Waals surface area contributed by atoms with Crippen molar-refractivity contribution in [3.8, 4) is 5.75 Å². The molecular weight excluding hydrogens is 454 g/mol. The van der Waals surface area contributed by atoms with E-state index in [0.29, 0.717) is 17.0 Å². The molecule has 3 rings (SSSR count). The number of ether oxygens (including phenoxy) is 1. The smallest absolute Gasteiger partial charge is 0.416 e. The van der Waals surface area contributed by atoms with E-state index in [1.807, 2.05) is 0 Å². The van der Waals surface area contributed by atoms with E-state index < -0.39 is 23.6 Å². The number of nitrogens with one attached hydrogen (secondary N) is 2. The summed E-state index contributed by atoms with van der Waals surface area (Å²) in [5.74, 6) is -1.92. The Labute approximate surface area is 192 Å². The molecule has 0 atom stereocenters. The van der Waals surface area contributed by atoms with Crippen molar-refractivity contribution in [3.05, 3.63) is 95.3 Å². The number of amides is 2. The molecule has 0 saturated heterocycles. The molecule has 0 saturated carbocycles. The minimum Gasteiger partial charge on any atom is -0.489 e. The lowest BCUT2D eigenvalue weighted by Gasteiger charge is -2.09. The summed E-state index contributed by atoms with van der Waals surface area (Å²) >= 11 is 0. The highest BCUT2D eigenvalue weighted by Gasteiger charge is 2.30. The van der Waals surface area contributed by atoms with Gasteiger partial charge < -0.3 is 10.1 Å². The second kappa shape index (κ2) is 10.6. The normalized spacial score (nSPS) is 11.6. The first-order valence-corrected chi connectivity index (χ1v) is 9.92. The van der Waals surface area contributed by atoms with Crippen LogP contribution in [-0.4, -0.2) is 17.5 Å². The molecule has 10 heteroatoms. The fourth-order valence-corrected chi connectivity index (χ4v) is 2.72. The van der Waals surface area contributed by atoms with E-state index in [9.17, 15) is 27.2 Å². The number of nitrogens with zero attached hydrogens (tertiary/aromatic N) is 1. The lowest BCUT2D eigenvalue weighted by molar-refractivity contribution is -0.137. The summed E-state index contributed by atoms with van der Waals surface area (Å²) in [5.41, 5.74) is 3.12. The van der Waals surface area contributed by atoms with Crippen molar-refractivity contribution in [3.63, 3.8) is 0 Å². The quantitative estimate of drug-likeness (QED) is 0.231. The van der Waals surface area contributed by atoms with Crippen LogP contribution < -0.4 is 15.5 Å². The molecule has 0 heterocycles. The Morgan fingerprint density at radius 3 is 2.09 bits per heavy atom. The first kappa shape index (κ1) is 24.4. The molecule has 0 fully saturated rings. The number of benzene rings is 3. The van der Waals surface area contributed by atoms with Gasteiger partial charge in [-0.15, -0.1) is 0 Å². The van der Waals surface area contributed by atoms with Crippen molar-refractivity contribution in [1.29, 1.82) is 0 Å². The monoisotopic (exact) mass is 473 g/mol. The van der Waals surface area contributed by atoms with E-state index >= 15 is 0 Å². The van der Waals surface area contributed by atoms with E-state index in [4.69, 9.17) is 4.74 Å². The van der Waals surface area contributed by atoms with Crippen LogP contribution >= 0.6 is 0 Å². The molecule has 0 bridgehead atoms. The molecule has 0 spiro atoms. The highest BCUT2D eigenvalue weighted by Crippen LogP contribution is 2.29. The van der Waals surface area contributed by atoms with Gasteiger partial charge in [0.25, 0.3) is 0 Å². The van der Waals surface area contributed by atoms with Gasteiger partial charge in [0, 0.05) is 5.69 Å². The molecule has 0 aliphatic heterocycles. The van der Waals surface area contributed by atoms with Gasteiger partial charge in [-0.1, -0.05) is 12.1 Å². The van der Waals surface area contributed by atoms with Gasteiger partial charge in [0.2, 0.25) is 0 Å². The SMILES string of the molecule is C/C(=N\NC(=O)C(=O)Nc1ccc(C(F)(F)F)cc1)c1ccc(OCc2ccc(F)cc2)cc1. The summed E-state index contributed by atoms with van der Waals surface area (Å²) in [7, 11) is 0. The topological polar surface area (TPSA) is 79.8 Å². The molecule has 6 nitrogen and oxygen atoms in total. The van der Waals surface area contributed by atoms with Gasteiger partial charge in [0.15, 0.2) is 0 Å². The minimum atomic E-state index is -4.50. The van der Waals surface area contributed by atoms with Gasteiger partial charge in [-0.3, -0.25) is 9.59 Å². The molecule has 0 unspecified atom stereocenters. The average molecular weight is 473 g/mol. The molecule has 3 aromatic carbocycles. The fraction of sp³-hybridized carbons (Fsp3) is 0.125. The summed E-state index contributed by atoms with van der Waals surface area (Å²) in [4.78, 5) is 23.9. The molecule has 176 valence electrons. The predicted octanol–water partition coefficient (Wildman–Crippen LogP) is 4.90. The number of alkyl halides is 3. The first-order chi connectivity index (χ1) is 16.1. The van der Waals surface area contributed by atoms with Crippen LogP contribution in [0.4, 0.5) is 23.2 Å². The third kappa shape index (κ3) is 6.89. The molecule has 0 radical (unpaired) electrons. The van der Waals surface area contributed by atoms with Gasteiger partial charge in [-0.25, -0.2) is 9.82 Å². The molecule has 2 N–H and O–H groups in total. The van der Waals surface area contributed by atoms with Crippen molar-refractivity contribution in [2.24, 2.45) is 5.10 Å². The van der Waals surface area contributed by atoms with E-state index in [0.717, 1.165) is 29.8 Å². The summed E-state index contributed by atoms with van der Waals surface area (Å²) in [6.07, 6.45) is -4.50. The van der Waals surface area contributed by atoms with Gasteiger partial charge in [0.1, 0.15) is 18.2 Å². The fourth-order valence-electron chi connectivity index (χ4n) is 2.72. The third-order valence-electron chi connectivity index (χ3n) is 4.59. The van der Waals surface area contributed by atoms with Crippen molar-refractivity contribution < 1.29 is 31.9 Å². The Morgan fingerprint density at radius 1 is 0.882 bits per heavy atom. The van der Waals surface area contributed by atoms with E-state index in [-0.39, 0.29) is 18.1 Å². The van der Waals surface area contributed by atoms with Crippen molar-refractivity contribution in [2.45, 2.75) is 19.7 Å². The lowest BCUT2D eigenvalue weighted by atomic mass is 10.1. The highest BCUT2D eigenvalue weighted by molar-refractivity contribution is 6.39. The number of hydrogen-bond acceptors (Lipinski definition) is 4. The van der Waals surface area contributed by atoms with Crippen molar-refractivity contribution in [2.75, 3.05) is 5.32 Å². The Bertz CT molecular complexity index is 1170. The van der Waals surface area contributed by atoms with Crippen molar-refractivity contribution >= 4 is 23.2 Å². The predicted molar refractivity (Wildman–Crippen MR) is 118 cm³/mol. The zero-order valence-electron chi connectivity index (χ0n) is 17.8. The van der Waals surface area contributed by atoms with E-state index in [2.05, 4.69) is 15.8 Å². The molecule has 0 aromatic heterocycles. The largest absolute Gasteiger partial charge is 0.489 e. The second-order valence-corrected chi connectivity index (χ2v) is 7.11. The number of hydrazone groups is 1. The van der Waals surface area contributed by atoms with Crippen LogP contribution in [0.5, 0.6) is 5.75 Å². The maximum absolute atomic E-state index is 12.9. The van der Waals surface area contributed by atoms with Crippen LogP contribution in [0.2, 0.25) is 0 Å². The first-order valence-electron chi connectivity index (χ1n) is 9.92. The van der Waals surface area contributed by atoms with Crippen molar-refractivity contribution in [1.82, 2.24) is 5.43 Å². The maximum atomic E-state index is 12.9. The van der Waals surface area contributed by atoms with Crippen LogP contribution in [0, 0.1) is 5.82 Å². The minimum absolute atomic E-state index is 0.0325. The van der Waals surface area contributed by atoms with Gasteiger partial charge in [0.05, 0.1) is 11.3 Å². The second-order valence-electron chi connectivity index (χ2n) is 7.11. The molecule has 0 aliphatic rings. The van der Waals surface area contributed by atoms with E-state index in [1.54, 1.807) is 43.3 Å². The van der Waals surface area contributed by atoms with Gasteiger partial charge in [-0.2, -0.15) is 18.3 Å².